The topological polar surface area (TPSA) is 18.5 Å². The smallest absolute Gasteiger partial charge is 0.169 e. The molecule has 2 nitrogen and oxygen atoms in total. The molecule has 2 heteroatoms. The Morgan fingerprint density at radius 3 is 2.64 bits per heavy atom. The molecular weight excluding hydrogens is 140 g/mol. The lowest BCUT2D eigenvalue weighted by Crippen LogP contribution is -2.01. The summed E-state index contributed by atoms with van der Waals surface area (Å²) in [5.41, 5.74) is 0. The van der Waals surface area contributed by atoms with Crippen LogP contribution in [0.25, 0.3) is 0 Å². The van der Waals surface area contributed by atoms with E-state index in [9.17, 15) is 0 Å². The quantitative estimate of drug-likeness (QED) is 0.562. The van der Waals surface area contributed by atoms with Crippen molar-refractivity contribution in [2.75, 3.05) is 0 Å². The minimum absolute atomic E-state index is 0.776. The van der Waals surface area contributed by atoms with Crippen molar-refractivity contribution in [1.29, 1.82) is 0 Å². The van der Waals surface area contributed by atoms with Crippen molar-refractivity contribution in [2.45, 2.75) is 6.92 Å². The van der Waals surface area contributed by atoms with Gasteiger partial charge < -0.3 is 9.47 Å². The summed E-state index contributed by atoms with van der Waals surface area (Å²) in [4.78, 5) is 0. The summed E-state index contributed by atoms with van der Waals surface area (Å²) in [6.07, 6.45) is 1.60. The Hall–Kier alpha value is -1.44. The molecule has 56 valence electrons. The van der Waals surface area contributed by atoms with Gasteiger partial charge in [0.2, 0.25) is 0 Å². The van der Waals surface area contributed by atoms with E-state index in [2.05, 4.69) is 0 Å². The third-order valence-electron chi connectivity index (χ3n) is 1.47. The highest BCUT2D eigenvalue weighted by Gasteiger charge is 2.08. The lowest BCUT2D eigenvalue weighted by atomic mass is 10.3. The molecule has 0 N–H and O–H groups in total. The Bertz CT molecular complexity index is 302. The Kier molecular flexibility index (Phi) is 1.32. The van der Waals surface area contributed by atoms with Crippen LogP contribution >= 0.6 is 0 Å². The zero-order valence-electron chi connectivity index (χ0n) is 6.20. The first kappa shape index (κ1) is 6.28. The van der Waals surface area contributed by atoms with E-state index in [4.69, 9.17) is 9.47 Å². The number of hydrogen-bond donors (Lipinski definition) is 0. The van der Waals surface area contributed by atoms with Gasteiger partial charge in [-0.3, -0.25) is 0 Å². The molecule has 1 aliphatic heterocycles. The second kappa shape index (κ2) is 2.31. The van der Waals surface area contributed by atoms with Crippen molar-refractivity contribution >= 4 is 0 Å². The third kappa shape index (κ3) is 1.07. The van der Waals surface area contributed by atoms with E-state index < -0.39 is 0 Å². The predicted molar refractivity (Wildman–Crippen MR) is 41.5 cm³/mol. The molecule has 1 aromatic carbocycles. The highest BCUT2D eigenvalue weighted by Crippen LogP contribution is 2.31. The van der Waals surface area contributed by atoms with Gasteiger partial charge in [-0.1, -0.05) is 12.1 Å². The number of allylic oxidation sites excluding steroid dienone is 1. The number of hydrogen-bond acceptors (Lipinski definition) is 2. The van der Waals surface area contributed by atoms with Crippen LogP contribution in [0.15, 0.2) is 36.3 Å². The SMILES string of the molecule is CC1=COc2ccccc2O1. The van der Waals surface area contributed by atoms with E-state index in [0.29, 0.717) is 0 Å². The van der Waals surface area contributed by atoms with Crippen LogP contribution in [0.5, 0.6) is 11.5 Å². The van der Waals surface area contributed by atoms with Gasteiger partial charge >= 0.3 is 0 Å². The molecule has 0 amide bonds. The van der Waals surface area contributed by atoms with E-state index in [0.717, 1.165) is 17.3 Å². The van der Waals surface area contributed by atoms with Crippen molar-refractivity contribution in [1.82, 2.24) is 0 Å². The van der Waals surface area contributed by atoms with E-state index in [1.165, 1.54) is 0 Å². The highest BCUT2D eigenvalue weighted by molar-refractivity contribution is 5.42. The lowest BCUT2D eigenvalue weighted by molar-refractivity contribution is 0.327. The molecule has 0 unspecified atom stereocenters. The average molecular weight is 148 g/mol. The van der Waals surface area contributed by atoms with Crippen LogP contribution < -0.4 is 9.47 Å². The van der Waals surface area contributed by atoms with Crippen LogP contribution in [-0.4, -0.2) is 0 Å². The maximum absolute atomic E-state index is 5.37. The van der Waals surface area contributed by atoms with E-state index in [1.807, 2.05) is 31.2 Å². The van der Waals surface area contributed by atoms with E-state index in [1.54, 1.807) is 6.26 Å². The first-order valence-electron chi connectivity index (χ1n) is 3.46. The standard InChI is InChI=1S/C9H8O2/c1-7-6-10-8-4-2-3-5-9(8)11-7/h2-6H,1H3. The zero-order valence-corrected chi connectivity index (χ0v) is 6.20. The molecule has 0 fully saturated rings. The van der Waals surface area contributed by atoms with Crippen LogP contribution in [0.2, 0.25) is 0 Å². The summed E-state index contributed by atoms with van der Waals surface area (Å²) < 4.78 is 10.6. The molecule has 1 aromatic rings. The van der Waals surface area contributed by atoms with E-state index in [-0.39, 0.29) is 0 Å². The highest BCUT2D eigenvalue weighted by atomic mass is 16.6. The molecular formula is C9H8O2. The van der Waals surface area contributed by atoms with Gasteiger partial charge in [0.15, 0.2) is 11.5 Å². The molecule has 2 rings (SSSR count). The van der Waals surface area contributed by atoms with Gasteiger partial charge in [-0.15, -0.1) is 0 Å². The Morgan fingerprint density at radius 1 is 1.09 bits per heavy atom. The molecule has 11 heavy (non-hydrogen) atoms. The first-order valence-corrected chi connectivity index (χ1v) is 3.46. The Balaban J connectivity index is 2.42. The van der Waals surface area contributed by atoms with Crippen LogP contribution in [0.3, 0.4) is 0 Å². The third-order valence-corrected chi connectivity index (χ3v) is 1.47. The zero-order chi connectivity index (χ0) is 7.68. The summed E-state index contributed by atoms with van der Waals surface area (Å²) in [6.45, 7) is 1.86. The van der Waals surface area contributed by atoms with Crippen molar-refractivity contribution in [3.8, 4) is 11.5 Å². The van der Waals surface area contributed by atoms with Gasteiger partial charge in [0, 0.05) is 0 Å². The summed E-state index contributed by atoms with van der Waals surface area (Å²) in [6, 6.07) is 7.58. The van der Waals surface area contributed by atoms with Gasteiger partial charge in [0.25, 0.3) is 0 Å². The molecule has 0 saturated carbocycles. The van der Waals surface area contributed by atoms with Crippen molar-refractivity contribution < 1.29 is 9.47 Å². The summed E-state index contributed by atoms with van der Waals surface area (Å²) in [7, 11) is 0. The number of para-hydroxylation sites is 2. The maximum atomic E-state index is 5.37. The minimum Gasteiger partial charge on any atom is -0.458 e. The van der Waals surface area contributed by atoms with Crippen LogP contribution in [-0.2, 0) is 0 Å². The number of ether oxygens (including phenoxy) is 2. The molecule has 1 heterocycles. The van der Waals surface area contributed by atoms with Gasteiger partial charge in [-0.2, -0.15) is 0 Å². The predicted octanol–water partition coefficient (Wildman–Crippen LogP) is 2.32. The second-order valence-corrected chi connectivity index (χ2v) is 2.40. The number of benzene rings is 1. The molecule has 0 atom stereocenters. The van der Waals surface area contributed by atoms with Gasteiger partial charge in [0.1, 0.15) is 12.0 Å². The normalized spacial score (nSPS) is 14.1. The first-order chi connectivity index (χ1) is 5.36. The monoisotopic (exact) mass is 148 g/mol. The molecule has 1 aliphatic rings. The number of fused-ring (bicyclic) bond motifs is 1. The maximum Gasteiger partial charge on any atom is 0.169 e. The van der Waals surface area contributed by atoms with Gasteiger partial charge in [0.05, 0.1) is 0 Å². The van der Waals surface area contributed by atoms with Crippen molar-refractivity contribution in [3.63, 3.8) is 0 Å². The van der Waals surface area contributed by atoms with Crippen LogP contribution in [0, 0.1) is 0 Å². The molecule has 0 spiro atoms. The molecule has 0 bridgehead atoms. The molecule has 0 radical (unpaired) electrons. The molecule has 0 aliphatic carbocycles. The average Bonchev–Trinajstić information content (AvgIpc) is 2.04. The molecule has 0 saturated heterocycles. The minimum atomic E-state index is 0.776. The fourth-order valence-electron chi connectivity index (χ4n) is 0.976. The van der Waals surface area contributed by atoms with Crippen molar-refractivity contribution in [2.24, 2.45) is 0 Å². The molecule has 0 aromatic heterocycles. The fourth-order valence-corrected chi connectivity index (χ4v) is 0.976. The second-order valence-electron chi connectivity index (χ2n) is 2.40. The summed E-state index contributed by atoms with van der Waals surface area (Å²) >= 11 is 0. The van der Waals surface area contributed by atoms with Crippen molar-refractivity contribution in [3.05, 3.63) is 36.3 Å². The summed E-state index contributed by atoms with van der Waals surface area (Å²) in [5, 5.41) is 0. The van der Waals surface area contributed by atoms with Crippen LogP contribution in [0.1, 0.15) is 6.92 Å². The lowest BCUT2D eigenvalue weighted by Gasteiger charge is -2.14. The Labute approximate surface area is 65.1 Å². The largest absolute Gasteiger partial charge is 0.458 e. The van der Waals surface area contributed by atoms with Gasteiger partial charge in [-0.25, -0.2) is 0 Å². The van der Waals surface area contributed by atoms with Gasteiger partial charge in [-0.05, 0) is 19.1 Å². The fraction of sp³-hybridized carbons (Fsp3) is 0.111. The van der Waals surface area contributed by atoms with E-state index >= 15 is 0 Å². The van der Waals surface area contributed by atoms with Crippen LogP contribution in [0.4, 0.5) is 0 Å². The summed E-state index contributed by atoms with van der Waals surface area (Å²) in [5.74, 6) is 2.34. The Morgan fingerprint density at radius 2 is 1.82 bits per heavy atom. The number of rotatable bonds is 0.